The van der Waals surface area contributed by atoms with Crippen LogP contribution in [-0.2, 0) is 28.5 Å². The van der Waals surface area contributed by atoms with Crippen molar-refractivity contribution in [2.45, 2.75) is 217 Å². The Hall–Kier alpha value is -2.34. The summed E-state index contributed by atoms with van der Waals surface area (Å²) in [5, 5.41) is 40.1. The Bertz CT molecular complexity index is 1060. The topological polar surface area (TPSA) is 152 Å². The first-order chi connectivity index (χ1) is 27.8. The third kappa shape index (κ3) is 29.5. The largest absolute Gasteiger partial charge is 0.462 e. The highest BCUT2D eigenvalue weighted by molar-refractivity contribution is 5.70. The number of aliphatic hydroxyl groups is 4. The molecule has 1 aliphatic heterocycles. The lowest BCUT2D eigenvalue weighted by Crippen LogP contribution is -2.59. The van der Waals surface area contributed by atoms with Gasteiger partial charge in [0, 0.05) is 12.8 Å². The monoisotopic (exact) mass is 807 g/mol. The zero-order valence-electron chi connectivity index (χ0n) is 35.7. The van der Waals surface area contributed by atoms with Gasteiger partial charge in [0.05, 0.1) is 13.2 Å². The molecule has 0 aliphatic carbocycles. The summed E-state index contributed by atoms with van der Waals surface area (Å²) in [5.74, 6) is -0.870. The van der Waals surface area contributed by atoms with Gasteiger partial charge >= 0.3 is 11.9 Å². The highest BCUT2D eigenvalue weighted by Gasteiger charge is 2.44. The van der Waals surface area contributed by atoms with E-state index in [4.69, 9.17) is 18.9 Å². The first-order valence-electron chi connectivity index (χ1n) is 22.7. The van der Waals surface area contributed by atoms with Crippen LogP contribution in [0.15, 0.2) is 49.1 Å². The molecule has 0 aromatic rings. The Morgan fingerprint density at radius 3 is 1.65 bits per heavy atom. The highest BCUT2D eigenvalue weighted by Crippen LogP contribution is 2.22. The maximum Gasteiger partial charge on any atom is 0.306 e. The fourth-order valence-corrected chi connectivity index (χ4v) is 6.71. The lowest BCUT2D eigenvalue weighted by atomic mass is 9.99. The van der Waals surface area contributed by atoms with Gasteiger partial charge in [0.15, 0.2) is 12.4 Å². The van der Waals surface area contributed by atoms with Crippen molar-refractivity contribution in [1.29, 1.82) is 0 Å². The molecule has 0 saturated carbocycles. The van der Waals surface area contributed by atoms with Gasteiger partial charge in [0.25, 0.3) is 0 Å². The second-order valence-corrected chi connectivity index (χ2v) is 15.6. The smallest absolute Gasteiger partial charge is 0.306 e. The molecule has 10 heteroatoms. The number of unbranched alkanes of at least 4 members (excludes halogenated alkanes) is 20. The average molecular weight is 807 g/mol. The number of hydrogen-bond donors (Lipinski definition) is 4. The summed E-state index contributed by atoms with van der Waals surface area (Å²) in [6, 6.07) is 0. The summed E-state index contributed by atoms with van der Waals surface area (Å²) < 4.78 is 22.1. The molecule has 1 saturated heterocycles. The van der Waals surface area contributed by atoms with Crippen molar-refractivity contribution in [2.24, 2.45) is 0 Å². The number of esters is 2. The quantitative estimate of drug-likeness (QED) is 0.0270. The summed E-state index contributed by atoms with van der Waals surface area (Å²) in [5.41, 5.74) is 0. The normalized spacial score (nSPS) is 20.5. The van der Waals surface area contributed by atoms with Crippen molar-refractivity contribution < 1.29 is 49.0 Å². The molecule has 0 bridgehead atoms. The van der Waals surface area contributed by atoms with Crippen molar-refractivity contribution >= 4 is 11.9 Å². The molecule has 0 radical (unpaired) electrons. The Labute approximate surface area is 346 Å². The standard InChI is InChI=1S/C47H82O10/c1-3-5-7-9-11-13-15-17-19-20-22-23-25-27-29-31-33-35-42(49)54-38-40(39-55-47-46(53)45(52)44(51)41(37-48)57-47)56-43(50)36-34-32-30-28-26-24-21-18-16-14-12-10-8-6-4-2/h4,17,19,22-23,27,29,40-41,44-48,51-53H,2-3,5-16,18,20-21,24-26,28,30-39H2,1H3/b19-17+,23-22+,29-27+/t40-,41-,44+,45?,46?,47-/m0/s1. The van der Waals surface area contributed by atoms with Gasteiger partial charge in [0.1, 0.15) is 31.0 Å². The van der Waals surface area contributed by atoms with Gasteiger partial charge in [-0.1, -0.05) is 152 Å². The number of allylic oxidation sites excluding steroid dienone is 7. The molecular weight excluding hydrogens is 725 g/mol. The Morgan fingerprint density at radius 2 is 1.09 bits per heavy atom. The van der Waals surface area contributed by atoms with Gasteiger partial charge < -0.3 is 39.4 Å². The summed E-state index contributed by atoms with van der Waals surface area (Å²) in [7, 11) is 0. The van der Waals surface area contributed by atoms with Gasteiger partial charge in [-0.3, -0.25) is 9.59 Å². The van der Waals surface area contributed by atoms with Crippen LogP contribution >= 0.6 is 0 Å². The van der Waals surface area contributed by atoms with E-state index in [9.17, 15) is 30.0 Å². The molecule has 0 aromatic carbocycles. The van der Waals surface area contributed by atoms with Gasteiger partial charge in [-0.25, -0.2) is 0 Å². The van der Waals surface area contributed by atoms with Crippen LogP contribution in [0.1, 0.15) is 180 Å². The van der Waals surface area contributed by atoms with Crippen LogP contribution in [0.4, 0.5) is 0 Å². The molecule has 10 nitrogen and oxygen atoms in total. The SMILES string of the molecule is C=CCCCCCCCCCCCCCCCC(=O)O[C@@H](COC(=O)CCC/C=C/C/C=C/C/C=C/CCCCCCCC)CO[C@H]1O[C@@H](CO)[C@@H](O)C(O)C1O. The number of carbonyl (C=O) groups is 2. The molecule has 0 spiro atoms. The summed E-state index contributed by atoms with van der Waals surface area (Å²) in [6.45, 7) is 4.89. The van der Waals surface area contributed by atoms with Crippen LogP contribution in [-0.4, -0.2) is 89.0 Å². The molecule has 0 amide bonds. The van der Waals surface area contributed by atoms with E-state index < -0.39 is 55.4 Å². The number of aliphatic hydroxyl groups excluding tert-OH is 4. The maximum atomic E-state index is 12.8. The first kappa shape index (κ1) is 52.7. The van der Waals surface area contributed by atoms with E-state index in [1.165, 1.54) is 96.3 Å². The van der Waals surface area contributed by atoms with Gasteiger partial charge in [0.2, 0.25) is 0 Å². The predicted molar refractivity (Wildman–Crippen MR) is 229 cm³/mol. The predicted octanol–water partition coefficient (Wildman–Crippen LogP) is 9.67. The van der Waals surface area contributed by atoms with E-state index in [2.05, 4.69) is 50.0 Å². The summed E-state index contributed by atoms with van der Waals surface area (Å²) in [4.78, 5) is 25.3. The number of rotatable bonds is 38. The molecule has 1 heterocycles. The minimum atomic E-state index is -1.60. The lowest BCUT2D eigenvalue weighted by molar-refractivity contribution is -0.305. The number of ether oxygens (including phenoxy) is 4. The van der Waals surface area contributed by atoms with E-state index in [0.717, 1.165) is 51.4 Å². The zero-order chi connectivity index (χ0) is 41.6. The molecule has 2 unspecified atom stereocenters. The van der Waals surface area contributed by atoms with Gasteiger partial charge in [-0.05, 0) is 57.8 Å². The minimum absolute atomic E-state index is 0.203. The van der Waals surface area contributed by atoms with E-state index >= 15 is 0 Å². The maximum absolute atomic E-state index is 12.8. The Balaban J connectivity index is 2.36. The summed E-state index contributed by atoms with van der Waals surface area (Å²) in [6.07, 6.45) is 35.9. The fourth-order valence-electron chi connectivity index (χ4n) is 6.71. The summed E-state index contributed by atoms with van der Waals surface area (Å²) >= 11 is 0. The van der Waals surface area contributed by atoms with Gasteiger partial charge in [-0.2, -0.15) is 0 Å². The van der Waals surface area contributed by atoms with Crippen LogP contribution in [0.5, 0.6) is 0 Å². The molecule has 0 aromatic heterocycles. The van der Waals surface area contributed by atoms with Crippen LogP contribution in [0.25, 0.3) is 0 Å². The second-order valence-electron chi connectivity index (χ2n) is 15.6. The molecule has 6 atom stereocenters. The number of carbonyl (C=O) groups excluding carboxylic acids is 2. The van der Waals surface area contributed by atoms with Crippen LogP contribution in [0.3, 0.4) is 0 Å². The van der Waals surface area contributed by atoms with E-state index in [1.54, 1.807) is 0 Å². The fraction of sp³-hybridized carbons (Fsp3) is 0.787. The number of hydrogen-bond acceptors (Lipinski definition) is 10. The Kier molecular flexibility index (Phi) is 35.0. The molecule has 1 aliphatic rings. The lowest BCUT2D eigenvalue weighted by Gasteiger charge is -2.39. The molecule has 57 heavy (non-hydrogen) atoms. The van der Waals surface area contributed by atoms with E-state index in [-0.39, 0.29) is 26.1 Å². The van der Waals surface area contributed by atoms with Crippen molar-refractivity contribution in [3.05, 3.63) is 49.1 Å². The molecule has 330 valence electrons. The zero-order valence-corrected chi connectivity index (χ0v) is 35.7. The third-order valence-electron chi connectivity index (χ3n) is 10.3. The molecule has 1 rings (SSSR count). The van der Waals surface area contributed by atoms with Crippen LogP contribution in [0, 0.1) is 0 Å². The van der Waals surface area contributed by atoms with Crippen molar-refractivity contribution in [3.8, 4) is 0 Å². The van der Waals surface area contributed by atoms with Crippen molar-refractivity contribution in [3.63, 3.8) is 0 Å². The molecule has 1 fully saturated rings. The average Bonchev–Trinajstić information content (AvgIpc) is 3.21. The van der Waals surface area contributed by atoms with Crippen LogP contribution < -0.4 is 0 Å². The van der Waals surface area contributed by atoms with E-state index in [0.29, 0.717) is 12.8 Å². The van der Waals surface area contributed by atoms with Crippen LogP contribution in [0.2, 0.25) is 0 Å². The minimum Gasteiger partial charge on any atom is -0.462 e. The van der Waals surface area contributed by atoms with Gasteiger partial charge in [-0.15, -0.1) is 6.58 Å². The first-order valence-corrected chi connectivity index (χ1v) is 22.7. The Morgan fingerprint density at radius 1 is 0.596 bits per heavy atom. The second kappa shape index (κ2) is 37.9. The highest BCUT2D eigenvalue weighted by atomic mass is 16.7. The molecule has 4 N–H and O–H groups in total. The molecular formula is C47H82O10. The van der Waals surface area contributed by atoms with E-state index in [1.807, 2.05) is 6.08 Å². The van der Waals surface area contributed by atoms with Crippen molar-refractivity contribution in [2.75, 3.05) is 19.8 Å². The third-order valence-corrected chi connectivity index (χ3v) is 10.3. The van der Waals surface area contributed by atoms with Crippen molar-refractivity contribution in [1.82, 2.24) is 0 Å².